The molecule has 0 unspecified atom stereocenters. The highest BCUT2D eigenvalue weighted by Crippen LogP contribution is 2.28. The zero-order valence-corrected chi connectivity index (χ0v) is 14.5. The van der Waals surface area contributed by atoms with Gasteiger partial charge in [-0.05, 0) is 25.8 Å². The smallest absolute Gasteiger partial charge is 0.240 e. The number of aromatic nitrogens is 4. The quantitative estimate of drug-likeness (QED) is 0.634. The Morgan fingerprint density at radius 1 is 1.42 bits per heavy atom. The molecule has 3 aromatic heterocycles. The van der Waals surface area contributed by atoms with Crippen LogP contribution in [0.1, 0.15) is 24.3 Å². The Hall–Kier alpha value is -2.94. The van der Waals surface area contributed by atoms with Crippen molar-refractivity contribution in [2.45, 2.75) is 31.8 Å². The first-order valence-electron chi connectivity index (χ1n) is 8.58. The van der Waals surface area contributed by atoms with Gasteiger partial charge in [0.2, 0.25) is 5.91 Å². The number of aryl methyl sites for hydroxylation is 1. The van der Waals surface area contributed by atoms with Crippen LogP contribution in [0.25, 0.3) is 11.0 Å². The highest BCUT2D eigenvalue weighted by molar-refractivity contribution is 5.88. The molecule has 1 fully saturated rings. The number of nitrogens with one attached hydrogen (secondary N) is 2. The van der Waals surface area contributed by atoms with Crippen LogP contribution in [0.2, 0.25) is 0 Å². The minimum absolute atomic E-state index is 0.166. The van der Waals surface area contributed by atoms with Crippen molar-refractivity contribution in [1.29, 1.82) is 0 Å². The van der Waals surface area contributed by atoms with E-state index in [9.17, 15) is 4.79 Å². The number of anilines is 1. The summed E-state index contributed by atoms with van der Waals surface area (Å²) in [4.78, 5) is 26.4. The molecule has 3 aromatic rings. The maximum absolute atomic E-state index is 12.6. The molecule has 9 nitrogen and oxygen atoms in total. The van der Waals surface area contributed by atoms with Gasteiger partial charge in [-0.25, -0.2) is 9.97 Å². The largest absolute Gasteiger partial charge is 0.359 e. The molecule has 1 aliphatic heterocycles. The monoisotopic (exact) mass is 355 g/mol. The average Bonchev–Trinajstić information content (AvgIpc) is 3.28. The minimum Gasteiger partial charge on any atom is -0.359 e. The fourth-order valence-corrected chi connectivity index (χ4v) is 3.30. The van der Waals surface area contributed by atoms with Gasteiger partial charge in [0.25, 0.3) is 0 Å². The third-order valence-corrected chi connectivity index (χ3v) is 4.84. The molecule has 4 heterocycles. The lowest BCUT2D eigenvalue weighted by molar-refractivity contribution is -0.127. The topological polar surface area (TPSA) is 126 Å². The molecule has 0 atom stereocenters. The Balaban J connectivity index is 1.40. The maximum atomic E-state index is 12.6. The van der Waals surface area contributed by atoms with E-state index in [4.69, 9.17) is 10.3 Å². The molecule has 0 saturated carbocycles. The molecule has 26 heavy (non-hydrogen) atoms. The molecule has 0 aromatic carbocycles. The van der Waals surface area contributed by atoms with E-state index < -0.39 is 5.54 Å². The van der Waals surface area contributed by atoms with E-state index in [0.29, 0.717) is 31.7 Å². The molecule has 9 heteroatoms. The molecule has 1 aliphatic rings. The Labute approximate surface area is 150 Å². The number of H-pyrrole nitrogens is 1. The van der Waals surface area contributed by atoms with E-state index >= 15 is 0 Å². The Bertz CT molecular complexity index is 924. The van der Waals surface area contributed by atoms with Crippen molar-refractivity contribution in [1.82, 2.24) is 25.4 Å². The molecule has 0 radical (unpaired) electrons. The number of hydrogen-bond donors (Lipinski definition) is 3. The summed E-state index contributed by atoms with van der Waals surface area (Å²) in [5.41, 5.74) is 7.08. The zero-order chi connectivity index (χ0) is 18.1. The Morgan fingerprint density at radius 3 is 2.96 bits per heavy atom. The number of carbonyl (C=O) groups is 1. The van der Waals surface area contributed by atoms with Crippen molar-refractivity contribution in [2.24, 2.45) is 5.73 Å². The number of nitrogens with zero attached hydrogens (tertiary/aromatic N) is 4. The van der Waals surface area contributed by atoms with Crippen LogP contribution in [0.4, 0.5) is 5.82 Å². The lowest BCUT2D eigenvalue weighted by Gasteiger charge is -2.38. The fourth-order valence-electron chi connectivity index (χ4n) is 3.30. The molecule has 0 spiro atoms. The maximum Gasteiger partial charge on any atom is 0.240 e. The minimum atomic E-state index is -0.893. The van der Waals surface area contributed by atoms with E-state index in [2.05, 4.69) is 30.3 Å². The number of rotatable bonds is 4. The van der Waals surface area contributed by atoms with Crippen LogP contribution in [0.3, 0.4) is 0 Å². The molecule has 1 amide bonds. The number of nitrogens with two attached hydrogens (primary N) is 1. The van der Waals surface area contributed by atoms with Gasteiger partial charge < -0.3 is 25.5 Å². The van der Waals surface area contributed by atoms with E-state index in [1.807, 2.05) is 19.2 Å². The van der Waals surface area contributed by atoms with Crippen LogP contribution in [-0.4, -0.2) is 44.6 Å². The summed E-state index contributed by atoms with van der Waals surface area (Å²) in [5.74, 6) is 1.32. The number of amides is 1. The van der Waals surface area contributed by atoms with Gasteiger partial charge in [0, 0.05) is 25.4 Å². The van der Waals surface area contributed by atoms with Gasteiger partial charge in [-0.1, -0.05) is 5.16 Å². The highest BCUT2D eigenvalue weighted by atomic mass is 16.5. The van der Waals surface area contributed by atoms with E-state index in [0.717, 1.165) is 22.5 Å². The van der Waals surface area contributed by atoms with Crippen molar-refractivity contribution >= 4 is 22.8 Å². The van der Waals surface area contributed by atoms with Gasteiger partial charge in [0.1, 0.15) is 17.8 Å². The molecular weight excluding hydrogens is 334 g/mol. The molecule has 1 saturated heterocycles. The summed E-state index contributed by atoms with van der Waals surface area (Å²) in [6, 6.07) is 3.75. The van der Waals surface area contributed by atoms with Crippen molar-refractivity contribution in [2.75, 3.05) is 18.0 Å². The normalized spacial score (nSPS) is 16.8. The Kier molecular flexibility index (Phi) is 4.08. The van der Waals surface area contributed by atoms with Gasteiger partial charge >= 0.3 is 0 Å². The third kappa shape index (κ3) is 3.01. The van der Waals surface area contributed by atoms with Crippen molar-refractivity contribution in [3.8, 4) is 0 Å². The van der Waals surface area contributed by atoms with Gasteiger partial charge in [-0.2, -0.15) is 0 Å². The first-order valence-corrected chi connectivity index (χ1v) is 8.58. The second kappa shape index (κ2) is 6.41. The van der Waals surface area contributed by atoms with Crippen LogP contribution in [-0.2, 0) is 11.3 Å². The third-order valence-electron chi connectivity index (χ3n) is 4.84. The molecule has 136 valence electrons. The SMILES string of the molecule is Cc1cc(CNC(=O)C2(N)CCN(c3ncnc4[nH]ccc34)CC2)on1. The summed E-state index contributed by atoms with van der Waals surface area (Å²) in [6.45, 7) is 3.44. The lowest BCUT2D eigenvalue weighted by Crippen LogP contribution is -2.59. The van der Waals surface area contributed by atoms with Crippen molar-refractivity contribution < 1.29 is 9.32 Å². The zero-order valence-electron chi connectivity index (χ0n) is 14.5. The van der Waals surface area contributed by atoms with Crippen LogP contribution >= 0.6 is 0 Å². The molecule has 4 N–H and O–H groups in total. The second-order valence-corrected chi connectivity index (χ2v) is 6.70. The highest BCUT2D eigenvalue weighted by Gasteiger charge is 2.38. The average molecular weight is 355 g/mol. The summed E-state index contributed by atoms with van der Waals surface area (Å²) in [6.07, 6.45) is 4.48. The predicted molar refractivity (Wildman–Crippen MR) is 95.3 cm³/mol. The first-order chi connectivity index (χ1) is 12.5. The standard InChI is InChI=1S/C17H21N7O2/c1-11-8-12(26-23-11)9-20-16(25)17(18)3-6-24(7-4-17)15-13-2-5-19-14(13)21-10-22-15/h2,5,8,10H,3-4,6-7,9,18H2,1H3,(H,20,25)(H,19,21,22). The fraction of sp³-hybridized carbons (Fsp3) is 0.412. The number of piperidine rings is 1. The number of aromatic amines is 1. The number of hydrogen-bond acceptors (Lipinski definition) is 7. The predicted octanol–water partition coefficient (Wildman–Crippen LogP) is 0.868. The van der Waals surface area contributed by atoms with Gasteiger partial charge in [0.15, 0.2) is 5.76 Å². The number of carbonyl (C=O) groups excluding carboxylic acids is 1. The summed E-state index contributed by atoms with van der Waals surface area (Å²) in [5, 5.41) is 7.64. The van der Waals surface area contributed by atoms with E-state index in [-0.39, 0.29) is 12.5 Å². The van der Waals surface area contributed by atoms with Crippen LogP contribution in [0, 0.1) is 6.92 Å². The van der Waals surface area contributed by atoms with Gasteiger partial charge in [-0.15, -0.1) is 0 Å². The Morgan fingerprint density at radius 2 is 2.23 bits per heavy atom. The molecule has 4 rings (SSSR count). The van der Waals surface area contributed by atoms with Crippen molar-refractivity contribution in [3.63, 3.8) is 0 Å². The summed E-state index contributed by atoms with van der Waals surface area (Å²) < 4.78 is 5.11. The van der Waals surface area contributed by atoms with Crippen molar-refractivity contribution in [3.05, 3.63) is 36.1 Å². The van der Waals surface area contributed by atoms with Crippen LogP contribution in [0.5, 0.6) is 0 Å². The van der Waals surface area contributed by atoms with E-state index in [1.165, 1.54) is 0 Å². The lowest BCUT2D eigenvalue weighted by atomic mass is 9.87. The van der Waals surface area contributed by atoms with Crippen LogP contribution in [0.15, 0.2) is 29.2 Å². The first kappa shape index (κ1) is 16.5. The molecular formula is C17H21N7O2. The summed E-state index contributed by atoms with van der Waals surface area (Å²) in [7, 11) is 0. The molecule has 0 aliphatic carbocycles. The van der Waals surface area contributed by atoms with Crippen LogP contribution < -0.4 is 16.0 Å². The summed E-state index contributed by atoms with van der Waals surface area (Å²) >= 11 is 0. The van der Waals surface area contributed by atoms with E-state index in [1.54, 1.807) is 12.4 Å². The molecule has 0 bridgehead atoms. The van der Waals surface area contributed by atoms with Gasteiger partial charge in [0.05, 0.1) is 23.2 Å². The van der Waals surface area contributed by atoms with Gasteiger partial charge in [-0.3, -0.25) is 4.79 Å². The number of fused-ring (bicyclic) bond motifs is 1. The second-order valence-electron chi connectivity index (χ2n) is 6.70.